The van der Waals surface area contributed by atoms with Gasteiger partial charge in [0, 0.05) is 39.6 Å². The van der Waals surface area contributed by atoms with Crippen LogP contribution in [-0.2, 0) is 6.54 Å². The Bertz CT molecular complexity index is 575. The van der Waals surface area contributed by atoms with Crippen molar-refractivity contribution < 1.29 is 4.52 Å². The average molecular weight is 300 g/mol. The molecule has 1 saturated heterocycles. The highest BCUT2D eigenvalue weighted by Gasteiger charge is 2.20. The molecular weight excluding hydrogens is 276 g/mol. The zero-order valence-corrected chi connectivity index (χ0v) is 13.4. The zero-order chi connectivity index (χ0) is 15.4. The number of piperazine rings is 1. The van der Waals surface area contributed by atoms with Crippen LogP contribution in [0.4, 0.5) is 0 Å². The highest BCUT2D eigenvalue weighted by Crippen LogP contribution is 2.17. The quantitative estimate of drug-likeness (QED) is 0.848. The summed E-state index contributed by atoms with van der Waals surface area (Å²) in [6.45, 7) is 10.4. The van der Waals surface area contributed by atoms with Crippen LogP contribution < -0.4 is 0 Å². The van der Waals surface area contributed by atoms with Crippen LogP contribution in [0.15, 0.2) is 34.9 Å². The van der Waals surface area contributed by atoms with E-state index >= 15 is 0 Å². The molecule has 0 N–H and O–H groups in total. The van der Waals surface area contributed by atoms with Gasteiger partial charge in [-0.25, -0.2) is 0 Å². The van der Waals surface area contributed by atoms with Crippen LogP contribution in [0, 0.1) is 6.92 Å². The molecule has 1 aromatic heterocycles. The molecule has 1 aliphatic heterocycles. The van der Waals surface area contributed by atoms with E-state index in [2.05, 4.69) is 57.2 Å². The molecule has 1 atom stereocenters. The predicted octanol–water partition coefficient (Wildman–Crippen LogP) is 2.30. The van der Waals surface area contributed by atoms with Crippen molar-refractivity contribution in [3.05, 3.63) is 47.6 Å². The van der Waals surface area contributed by atoms with Crippen LogP contribution in [0.25, 0.3) is 0 Å². The topological polar surface area (TPSA) is 45.4 Å². The highest BCUT2D eigenvalue weighted by atomic mass is 16.5. The van der Waals surface area contributed by atoms with Crippen molar-refractivity contribution >= 4 is 0 Å². The van der Waals surface area contributed by atoms with Gasteiger partial charge < -0.3 is 9.42 Å². The third-order valence-electron chi connectivity index (χ3n) is 4.30. The average Bonchev–Trinajstić information content (AvgIpc) is 2.95. The van der Waals surface area contributed by atoms with Crippen molar-refractivity contribution in [1.82, 2.24) is 19.9 Å². The Hall–Kier alpha value is -1.72. The summed E-state index contributed by atoms with van der Waals surface area (Å²) in [5.41, 5.74) is 1.42. The molecule has 2 aromatic rings. The maximum atomic E-state index is 5.03. The zero-order valence-electron chi connectivity index (χ0n) is 13.4. The summed E-state index contributed by atoms with van der Waals surface area (Å²) < 4.78 is 5.03. The first-order chi connectivity index (χ1) is 10.7. The molecule has 0 spiro atoms. The number of hydrogen-bond acceptors (Lipinski definition) is 5. The SMILES string of the molecule is Cc1nc(CN2CCN(C[C@H](C)c3ccccc3)CC2)no1. The van der Waals surface area contributed by atoms with E-state index in [9.17, 15) is 0 Å². The second kappa shape index (κ2) is 7.03. The van der Waals surface area contributed by atoms with Crippen molar-refractivity contribution in [1.29, 1.82) is 0 Å². The van der Waals surface area contributed by atoms with Gasteiger partial charge in [-0.3, -0.25) is 4.90 Å². The lowest BCUT2D eigenvalue weighted by molar-refractivity contribution is 0.120. The summed E-state index contributed by atoms with van der Waals surface area (Å²) in [6, 6.07) is 10.8. The number of benzene rings is 1. The molecule has 0 radical (unpaired) electrons. The van der Waals surface area contributed by atoms with Gasteiger partial charge in [0.15, 0.2) is 5.82 Å². The first-order valence-corrected chi connectivity index (χ1v) is 7.99. The molecule has 1 fully saturated rings. The van der Waals surface area contributed by atoms with E-state index in [1.165, 1.54) is 5.56 Å². The van der Waals surface area contributed by atoms with E-state index in [0.717, 1.165) is 45.1 Å². The van der Waals surface area contributed by atoms with Gasteiger partial charge in [0.25, 0.3) is 0 Å². The van der Waals surface area contributed by atoms with Gasteiger partial charge in [-0.2, -0.15) is 4.98 Å². The summed E-state index contributed by atoms with van der Waals surface area (Å²) >= 11 is 0. The van der Waals surface area contributed by atoms with Gasteiger partial charge in [0.1, 0.15) is 0 Å². The monoisotopic (exact) mass is 300 g/mol. The van der Waals surface area contributed by atoms with Gasteiger partial charge in [0.2, 0.25) is 5.89 Å². The lowest BCUT2D eigenvalue weighted by Crippen LogP contribution is -2.46. The van der Waals surface area contributed by atoms with Crippen LogP contribution in [0.2, 0.25) is 0 Å². The summed E-state index contributed by atoms with van der Waals surface area (Å²) in [4.78, 5) is 9.23. The van der Waals surface area contributed by atoms with E-state index in [0.29, 0.717) is 11.8 Å². The summed E-state index contributed by atoms with van der Waals surface area (Å²) in [5, 5.41) is 3.98. The molecule has 0 bridgehead atoms. The van der Waals surface area contributed by atoms with Crippen molar-refractivity contribution in [2.75, 3.05) is 32.7 Å². The third-order valence-corrected chi connectivity index (χ3v) is 4.30. The number of hydrogen-bond donors (Lipinski definition) is 0. The molecule has 5 nitrogen and oxygen atoms in total. The molecule has 0 unspecified atom stereocenters. The van der Waals surface area contributed by atoms with Gasteiger partial charge in [0.05, 0.1) is 6.54 Å². The van der Waals surface area contributed by atoms with Crippen molar-refractivity contribution in [3.63, 3.8) is 0 Å². The van der Waals surface area contributed by atoms with Gasteiger partial charge in [-0.05, 0) is 11.5 Å². The van der Waals surface area contributed by atoms with E-state index in [4.69, 9.17) is 4.52 Å². The molecule has 0 saturated carbocycles. The first-order valence-electron chi connectivity index (χ1n) is 7.99. The van der Waals surface area contributed by atoms with E-state index < -0.39 is 0 Å². The minimum Gasteiger partial charge on any atom is -0.340 e. The first kappa shape index (κ1) is 15.2. The Balaban J connectivity index is 1.45. The van der Waals surface area contributed by atoms with Gasteiger partial charge >= 0.3 is 0 Å². The lowest BCUT2D eigenvalue weighted by Gasteiger charge is -2.35. The third kappa shape index (κ3) is 3.93. The van der Waals surface area contributed by atoms with Crippen LogP contribution in [0.5, 0.6) is 0 Å². The molecule has 2 heterocycles. The number of nitrogens with zero attached hydrogens (tertiary/aromatic N) is 4. The molecule has 5 heteroatoms. The number of aromatic nitrogens is 2. The molecule has 0 amide bonds. The fourth-order valence-electron chi connectivity index (χ4n) is 3.01. The van der Waals surface area contributed by atoms with Crippen LogP contribution in [0.1, 0.15) is 30.1 Å². The summed E-state index contributed by atoms with van der Waals surface area (Å²) in [7, 11) is 0. The molecule has 1 aliphatic rings. The molecule has 1 aromatic carbocycles. The predicted molar refractivity (Wildman–Crippen MR) is 85.6 cm³/mol. The van der Waals surface area contributed by atoms with Crippen LogP contribution >= 0.6 is 0 Å². The smallest absolute Gasteiger partial charge is 0.223 e. The largest absolute Gasteiger partial charge is 0.340 e. The van der Waals surface area contributed by atoms with Crippen molar-refractivity contribution in [2.45, 2.75) is 26.3 Å². The van der Waals surface area contributed by atoms with E-state index in [1.54, 1.807) is 0 Å². The lowest BCUT2D eigenvalue weighted by atomic mass is 10.0. The molecular formula is C17H24N4O. The molecule has 3 rings (SSSR count). The van der Waals surface area contributed by atoms with Crippen molar-refractivity contribution in [3.8, 4) is 0 Å². The Labute approximate surface area is 131 Å². The van der Waals surface area contributed by atoms with Crippen LogP contribution in [-0.4, -0.2) is 52.7 Å². The number of rotatable bonds is 5. The second-order valence-electron chi connectivity index (χ2n) is 6.12. The standard InChI is InChI=1S/C17H24N4O/c1-14(16-6-4-3-5-7-16)12-20-8-10-21(11-9-20)13-17-18-15(2)22-19-17/h3-7,14H,8-13H2,1-2H3/t14-/m0/s1. The Morgan fingerprint density at radius 2 is 1.77 bits per heavy atom. The molecule has 0 aliphatic carbocycles. The maximum Gasteiger partial charge on any atom is 0.223 e. The van der Waals surface area contributed by atoms with E-state index in [1.807, 2.05) is 6.92 Å². The minimum atomic E-state index is 0.576. The molecule has 118 valence electrons. The maximum absolute atomic E-state index is 5.03. The van der Waals surface area contributed by atoms with E-state index in [-0.39, 0.29) is 0 Å². The summed E-state index contributed by atoms with van der Waals surface area (Å²) in [5.74, 6) is 2.02. The minimum absolute atomic E-state index is 0.576. The van der Waals surface area contributed by atoms with Crippen molar-refractivity contribution in [2.24, 2.45) is 0 Å². The Morgan fingerprint density at radius 3 is 2.41 bits per heavy atom. The summed E-state index contributed by atoms with van der Waals surface area (Å²) in [6.07, 6.45) is 0. The normalized spacial score (nSPS) is 18.5. The fraction of sp³-hybridized carbons (Fsp3) is 0.529. The Kier molecular flexibility index (Phi) is 4.85. The Morgan fingerprint density at radius 1 is 1.09 bits per heavy atom. The highest BCUT2D eigenvalue weighted by molar-refractivity contribution is 5.19. The molecule has 22 heavy (non-hydrogen) atoms. The van der Waals surface area contributed by atoms with Gasteiger partial charge in [-0.1, -0.05) is 42.4 Å². The second-order valence-corrected chi connectivity index (χ2v) is 6.12. The number of aryl methyl sites for hydroxylation is 1. The van der Waals surface area contributed by atoms with Crippen LogP contribution in [0.3, 0.4) is 0 Å². The fourth-order valence-corrected chi connectivity index (χ4v) is 3.01. The van der Waals surface area contributed by atoms with Gasteiger partial charge in [-0.15, -0.1) is 0 Å².